The molecule has 54 heavy (non-hydrogen) atoms. The normalized spacial score (nSPS) is 11.5. The van der Waals surface area contributed by atoms with Gasteiger partial charge in [0.1, 0.15) is 17.2 Å². The maximum Gasteiger partial charge on any atom is 0.294 e. The van der Waals surface area contributed by atoms with Crippen molar-refractivity contribution in [3.05, 3.63) is 130 Å². The van der Waals surface area contributed by atoms with Gasteiger partial charge in [-0.25, -0.2) is 4.39 Å². The highest BCUT2D eigenvalue weighted by Crippen LogP contribution is 2.32. The SMILES string of the molecule is CN(CCCOCCOCCOCCNCc1ccc2cc(CCc3ccc(F)cc3)oc2c1)C(=O)C(=O)c1c(-c2ccc(Cl)cc2)[nH]c2ccccc12. The number of carbonyl (C=O) groups excluding carboxylic acids is 2. The molecule has 6 aromatic rings. The second-order valence-corrected chi connectivity index (χ2v) is 13.5. The van der Waals surface area contributed by atoms with Crippen LogP contribution in [0.2, 0.25) is 5.02 Å². The Morgan fingerprint density at radius 1 is 0.815 bits per heavy atom. The fourth-order valence-electron chi connectivity index (χ4n) is 6.20. The largest absolute Gasteiger partial charge is 0.461 e. The third-order valence-corrected chi connectivity index (χ3v) is 9.35. The number of nitrogens with one attached hydrogen (secondary N) is 2. The van der Waals surface area contributed by atoms with Crippen LogP contribution in [0.3, 0.4) is 0 Å². The minimum absolute atomic E-state index is 0.224. The molecule has 0 aliphatic rings. The molecule has 0 aliphatic heterocycles. The molecule has 2 N–H and O–H groups in total. The molecular weight excluding hydrogens is 709 g/mol. The molecule has 4 aromatic carbocycles. The molecule has 1 amide bonds. The first-order valence-electron chi connectivity index (χ1n) is 18.2. The number of carbonyl (C=O) groups is 2. The molecule has 2 heterocycles. The lowest BCUT2D eigenvalue weighted by Gasteiger charge is -2.16. The van der Waals surface area contributed by atoms with E-state index in [-0.39, 0.29) is 5.82 Å². The Labute approximate surface area is 319 Å². The second kappa shape index (κ2) is 19.5. The molecule has 0 saturated carbocycles. The van der Waals surface area contributed by atoms with E-state index in [2.05, 4.69) is 34.6 Å². The first-order valence-corrected chi connectivity index (χ1v) is 18.6. The molecule has 282 valence electrons. The smallest absolute Gasteiger partial charge is 0.294 e. The Hall–Kier alpha value is -4.84. The Morgan fingerprint density at radius 2 is 1.52 bits per heavy atom. The number of halogens is 2. The number of furan rings is 1. The van der Waals surface area contributed by atoms with Crippen molar-refractivity contribution < 1.29 is 32.6 Å². The number of ketones is 1. The number of aromatic amines is 1. The summed E-state index contributed by atoms with van der Waals surface area (Å²) in [4.78, 5) is 31.4. The fraction of sp³-hybridized carbons (Fsp3) is 0.302. The minimum atomic E-state index is -0.575. The van der Waals surface area contributed by atoms with Crippen molar-refractivity contribution in [2.75, 3.05) is 59.8 Å². The number of benzene rings is 4. The molecular formula is C43H45ClFN3O6. The summed E-state index contributed by atoms with van der Waals surface area (Å²) in [6.07, 6.45) is 2.14. The van der Waals surface area contributed by atoms with Crippen molar-refractivity contribution in [1.82, 2.24) is 15.2 Å². The first kappa shape index (κ1) is 38.9. The Balaban J connectivity index is 0.798. The van der Waals surface area contributed by atoms with Crippen molar-refractivity contribution in [2.24, 2.45) is 0 Å². The second-order valence-electron chi connectivity index (χ2n) is 13.1. The zero-order chi connectivity index (χ0) is 37.7. The third kappa shape index (κ3) is 10.6. The monoisotopic (exact) mass is 753 g/mol. The first-order chi connectivity index (χ1) is 26.4. The van der Waals surface area contributed by atoms with Gasteiger partial charge in [-0.3, -0.25) is 9.59 Å². The van der Waals surface area contributed by atoms with Crippen LogP contribution < -0.4 is 5.32 Å². The number of aryl methyl sites for hydroxylation is 2. The number of rotatable bonds is 21. The summed E-state index contributed by atoms with van der Waals surface area (Å²) in [5.74, 6) is -0.447. The number of aromatic nitrogens is 1. The number of hydrogen-bond acceptors (Lipinski definition) is 7. The summed E-state index contributed by atoms with van der Waals surface area (Å²) < 4.78 is 36.2. The van der Waals surface area contributed by atoms with E-state index in [0.717, 1.165) is 51.8 Å². The topological polar surface area (TPSA) is 106 Å². The summed E-state index contributed by atoms with van der Waals surface area (Å²) in [6.45, 7) is 4.60. The predicted octanol–water partition coefficient (Wildman–Crippen LogP) is 8.03. The van der Waals surface area contributed by atoms with Gasteiger partial charge in [-0.1, -0.05) is 66.2 Å². The zero-order valence-electron chi connectivity index (χ0n) is 30.4. The van der Waals surface area contributed by atoms with Gasteiger partial charge >= 0.3 is 0 Å². The Morgan fingerprint density at radius 3 is 2.30 bits per heavy atom. The van der Waals surface area contributed by atoms with Crippen molar-refractivity contribution in [2.45, 2.75) is 25.8 Å². The van der Waals surface area contributed by atoms with Gasteiger partial charge in [-0.2, -0.15) is 0 Å². The van der Waals surface area contributed by atoms with Crippen LogP contribution in [-0.4, -0.2) is 81.4 Å². The molecule has 0 spiro atoms. The van der Waals surface area contributed by atoms with E-state index >= 15 is 0 Å². The quantitative estimate of drug-likeness (QED) is 0.0436. The standard InChI is InChI=1S/C43H45ClFN3O6/c1-48(43(50)42(49)40-37-5-2-3-6-38(37)47-41(40)32-12-14-34(44)15-13-32)20-4-21-51-23-25-53-26-24-52-22-19-46-29-31-7-11-33-28-36(54-39(33)27-31)18-10-30-8-16-35(45)17-9-30/h2-3,5-9,11-17,27-28,46-47H,4,10,18-26,29H2,1H3. The fourth-order valence-corrected chi connectivity index (χ4v) is 6.32. The predicted molar refractivity (Wildman–Crippen MR) is 210 cm³/mol. The molecule has 11 heteroatoms. The van der Waals surface area contributed by atoms with Crippen LogP contribution in [0.5, 0.6) is 0 Å². The number of H-pyrrole nitrogens is 1. The average molecular weight is 754 g/mol. The van der Waals surface area contributed by atoms with Gasteiger partial charge in [0, 0.05) is 61.0 Å². The van der Waals surface area contributed by atoms with Crippen LogP contribution in [0.4, 0.5) is 4.39 Å². The highest BCUT2D eigenvalue weighted by atomic mass is 35.5. The van der Waals surface area contributed by atoms with E-state index < -0.39 is 11.7 Å². The van der Waals surface area contributed by atoms with E-state index in [1.165, 1.54) is 17.0 Å². The summed E-state index contributed by atoms with van der Waals surface area (Å²) in [5.41, 5.74) is 5.58. The van der Waals surface area contributed by atoms with Crippen molar-refractivity contribution in [1.29, 1.82) is 0 Å². The maximum atomic E-state index is 13.5. The molecule has 0 fully saturated rings. The number of ether oxygens (including phenoxy) is 3. The zero-order valence-corrected chi connectivity index (χ0v) is 31.1. The molecule has 2 aromatic heterocycles. The number of amides is 1. The number of nitrogens with zero attached hydrogens (tertiary/aromatic N) is 1. The molecule has 0 radical (unpaired) electrons. The molecule has 0 aliphatic carbocycles. The highest BCUT2D eigenvalue weighted by molar-refractivity contribution is 6.46. The highest BCUT2D eigenvalue weighted by Gasteiger charge is 2.27. The van der Waals surface area contributed by atoms with Crippen LogP contribution in [-0.2, 0) is 38.4 Å². The number of likely N-dealkylation sites (N-methyl/N-ethyl adjacent to an activating group) is 1. The maximum absolute atomic E-state index is 13.5. The van der Waals surface area contributed by atoms with E-state index in [4.69, 9.17) is 30.2 Å². The van der Waals surface area contributed by atoms with Gasteiger partial charge in [0.15, 0.2) is 0 Å². The summed E-state index contributed by atoms with van der Waals surface area (Å²) in [7, 11) is 1.63. The molecule has 9 nitrogen and oxygen atoms in total. The van der Waals surface area contributed by atoms with E-state index in [1.807, 2.05) is 48.5 Å². The lowest BCUT2D eigenvalue weighted by Crippen LogP contribution is -2.34. The molecule has 0 atom stereocenters. The summed E-state index contributed by atoms with van der Waals surface area (Å²) >= 11 is 6.07. The number of para-hydroxylation sites is 1. The van der Waals surface area contributed by atoms with Crippen LogP contribution in [0, 0.1) is 5.82 Å². The van der Waals surface area contributed by atoms with Gasteiger partial charge in [0.2, 0.25) is 0 Å². The van der Waals surface area contributed by atoms with Crippen LogP contribution in [0.15, 0.2) is 101 Å². The van der Waals surface area contributed by atoms with Gasteiger partial charge < -0.3 is 33.8 Å². The van der Waals surface area contributed by atoms with Crippen molar-refractivity contribution >= 4 is 45.2 Å². The minimum Gasteiger partial charge on any atom is -0.461 e. The molecule has 0 saturated heterocycles. The van der Waals surface area contributed by atoms with Crippen LogP contribution >= 0.6 is 11.6 Å². The van der Waals surface area contributed by atoms with E-state index in [9.17, 15) is 14.0 Å². The number of Topliss-reactive ketones (excluding diaryl/α,β-unsaturated/α-hetero) is 1. The van der Waals surface area contributed by atoms with Gasteiger partial charge in [0.25, 0.3) is 11.7 Å². The van der Waals surface area contributed by atoms with Gasteiger partial charge in [-0.15, -0.1) is 0 Å². The summed E-state index contributed by atoms with van der Waals surface area (Å²) in [5, 5.41) is 5.75. The van der Waals surface area contributed by atoms with E-state index in [1.54, 1.807) is 19.2 Å². The molecule has 0 bridgehead atoms. The molecule has 6 rings (SSSR count). The Bertz CT molecular complexity index is 2130. The van der Waals surface area contributed by atoms with Crippen molar-refractivity contribution in [3.63, 3.8) is 0 Å². The lowest BCUT2D eigenvalue weighted by atomic mass is 10.0. The number of fused-ring (bicyclic) bond motifs is 2. The number of hydrogen-bond donors (Lipinski definition) is 2. The third-order valence-electron chi connectivity index (χ3n) is 9.09. The van der Waals surface area contributed by atoms with Crippen molar-refractivity contribution in [3.8, 4) is 11.3 Å². The van der Waals surface area contributed by atoms with E-state index in [0.29, 0.717) is 87.4 Å². The van der Waals surface area contributed by atoms with Gasteiger partial charge in [-0.05, 0) is 72.0 Å². The van der Waals surface area contributed by atoms with Gasteiger partial charge in [0.05, 0.1) is 44.3 Å². The average Bonchev–Trinajstić information content (AvgIpc) is 3.78. The van der Waals surface area contributed by atoms with Crippen LogP contribution in [0.25, 0.3) is 33.1 Å². The summed E-state index contributed by atoms with van der Waals surface area (Å²) in [6, 6.07) is 29.5. The Kier molecular flexibility index (Phi) is 14.0. The van der Waals surface area contributed by atoms with Crippen LogP contribution in [0.1, 0.15) is 33.7 Å². The molecule has 0 unspecified atom stereocenters. The lowest BCUT2D eigenvalue weighted by molar-refractivity contribution is -0.125.